The zero-order valence-electron chi connectivity index (χ0n) is 20.9. The van der Waals surface area contributed by atoms with Crippen LogP contribution in [0.4, 0.5) is 5.82 Å². The van der Waals surface area contributed by atoms with E-state index in [2.05, 4.69) is 21.7 Å². The molecule has 4 rings (SSSR count). The number of benzene rings is 1. The molecule has 0 bridgehead atoms. The first-order valence-electron chi connectivity index (χ1n) is 12.7. The van der Waals surface area contributed by atoms with Gasteiger partial charge in [0.05, 0.1) is 19.6 Å². The van der Waals surface area contributed by atoms with Crippen molar-refractivity contribution in [3.05, 3.63) is 57.2 Å². The minimum atomic E-state index is -0.616. The minimum absolute atomic E-state index is 0.0392. The van der Waals surface area contributed by atoms with Gasteiger partial charge in [-0.3, -0.25) is 14.4 Å². The summed E-state index contributed by atoms with van der Waals surface area (Å²) in [5, 5.41) is 7.13. The van der Waals surface area contributed by atoms with Gasteiger partial charge in [-0.1, -0.05) is 29.3 Å². The molecule has 0 saturated carbocycles. The molecule has 0 radical (unpaired) electrons. The van der Waals surface area contributed by atoms with Crippen molar-refractivity contribution >= 4 is 46.8 Å². The summed E-state index contributed by atoms with van der Waals surface area (Å²) in [7, 11) is 1.30. The van der Waals surface area contributed by atoms with E-state index in [4.69, 9.17) is 27.9 Å². The zero-order chi connectivity index (χ0) is 26.4. The van der Waals surface area contributed by atoms with Gasteiger partial charge >= 0.3 is 5.97 Å². The van der Waals surface area contributed by atoms with E-state index in [1.807, 2.05) is 11.0 Å². The predicted molar refractivity (Wildman–Crippen MR) is 143 cm³/mol. The molecule has 0 aliphatic carbocycles. The number of carbonyl (C=O) groups is 3. The van der Waals surface area contributed by atoms with Gasteiger partial charge < -0.3 is 20.3 Å². The van der Waals surface area contributed by atoms with Crippen LogP contribution in [0.3, 0.4) is 0 Å². The number of fused-ring (bicyclic) bond motifs is 1. The number of hydrogen-bond acceptors (Lipinski definition) is 6. The summed E-state index contributed by atoms with van der Waals surface area (Å²) >= 11 is 12.3. The van der Waals surface area contributed by atoms with Crippen molar-refractivity contribution in [2.45, 2.75) is 51.0 Å². The van der Waals surface area contributed by atoms with E-state index in [9.17, 15) is 14.4 Å². The van der Waals surface area contributed by atoms with Crippen LogP contribution in [0.25, 0.3) is 0 Å². The third-order valence-electron chi connectivity index (χ3n) is 6.97. The Morgan fingerprint density at radius 2 is 1.89 bits per heavy atom. The summed E-state index contributed by atoms with van der Waals surface area (Å²) in [5.41, 5.74) is 2.78. The van der Waals surface area contributed by atoms with Crippen molar-refractivity contribution in [2.24, 2.45) is 5.92 Å². The van der Waals surface area contributed by atoms with Gasteiger partial charge in [-0.05, 0) is 67.5 Å². The molecule has 2 aliphatic rings. The number of pyridine rings is 1. The molecule has 1 aromatic carbocycles. The van der Waals surface area contributed by atoms with Gasteiger partial charge in [-0.15, -0.1) is 0 Å². The average Bonchev–Trinajstić information content (AvgIpc) is 2.90. The fourth-order valence-corrected chi connectivity index (χ4v) is 5.40. The molecule has 2 aromatic rings. The molecule has 37 heavy (non-hydrogen) atoms. The summed E-state index contributed by atoms with van der Waals surface area (Å²) in [6.07, 6.45) is 4.20. The van der Waals surface area contributed by atoms with Crippen LogP contribution in [0.1, 0.15) is 55.0 Å². The van der Waals surface area contributed by atoms with Gasteiger partial charge in [0.2, 0.25) is 11.8 Å². The summed E-state index contributed by atoms with van der Waals surface area (Å²) < 4.78 is 4.80. The van der Waals surface area contributed by atoms with E-state index in [0.29, 0.717) is 54.4 Å². The number of aryl methyl sites for hydroxylation is 2. The number of esters is 1. The standard InChI is InChI=1S/C27H32Cl2N4O4/c1-37-25(35)16-23(19-13-20(28)15-21(29)14-19)32-27(36)18-8-11-33(12-9-18)24(34)7-6-22-5-4-17-3-2-10-30-26(17)31-22/h4-5,13-15,18,23H,2-3,6-12,16H2,1H3,(H,30,31)(H,32,36)/t23-/m0/s1. The van der Waals surface area contributed by atoms with Crippen molar-refractivity contribution in [3.63, 3.8) is 0 Å². The van der Waals surface area contributed by atoms with Crippen LogP contribution in [0.15, 0.2) is 30.3 Å². The molecule has 1 atom stereocenters. The topological polar surface area (TPSA) is 101 Å². The van der Waals surface area contributed by atoms with E-state index in [1.165, 1.54) is 12.7 Å². The molecule has 10 heteroatoms. The van der Waals surface area contributed by atoms with Gasteiger partial charge in [0.1, 0.15) is 5.82 Å². The zero-order valence-corrected chi connectivity index (χ0v) is 22.4. The lowest BCUT2D eigenvalue weighted by Crippen LogP contribution is -2.44. The van der Waals surface area contributed by atoms with Crippen LogP contribution in [0.5, 0.6) is 0 Å². The number of carbonyl (C=O) groups excluding carboxylic acids is 3. The SMILES string of the molecule is COC(=O)C[C@H](NC(=O)C1CCN(C(=O)CCc2ccc3c(n2)NCCC3)CC1)c1cc(Cl)cc(Cl)c1. The van der Waals surface area contributed by atoms with Gasteiger partial charge in [0.25, 0.3) is 0 Å². The van der Waals surface area contributed by atoms with E-state index < -0.39 is 12.0 Å². The van der Waals surface area contributed by atoms with Crippen LogP contribution >= 0.6 is 23.2 Å². The highest BCUT2D eigenvalue weighted by molar-refractivity contribution is 6.34. The Kier molecular flexibility index (Phi) is 9.27. The van der Waals surface area contributed by atoms with Crippen LogP contribution in [-0.2, 0) is 32.0 Å². The fourth-order valence-electron chi connectivity index (χ4n) is 4.86. The molecule has 2 aliphatic heterocycles. The lowest BCUT2D eigenvalue weighted by Gasteiger charge is -2.32. The normalized spacial score (nSPS) is 16.4. The molecular weight excluding hydrogens is 515 g/mol. The Morgan fingerprint density at radius 1 is 1.16 bits per heavy atom. The first-order valence-corrected chi connectivity index (χ1v) is 13.4. The predicted octanol–water partition coefficient (Wildman–Crippen LogP) is 4.34. The second-order valence-corrected chi connectivity index (χ2v) is 10.4. The van der Waals surface area contributed by atoms with Crippen LogP contribution < -0.4 is 10.6 Å². The monoisotopic (exact) mass is 546 g/mol. The number of rotatable bonds is 8. The maximum absolute atomic E-state index is 13.1. The van der Waals surface area contributed by atoms with Gasteiger partial charge in [-0.2, -0.15) is 0 Å². The Balaban J connectivity index is 1.29. The quantitative estimate of drug-likeness (QED) is 0.477. The van der Waals surface area contributed by atoms with Crippen molar-refractivity contribution < 1.29 is 19.1 Å². The second-order valence-electron chi connectivity index (χ2n) is 9.54. The van der Waals surface area contributed by atoms with E-state index in [-0.39, 0.29) is 24.2 Å². The van der Waals surface area contributed by atoms with Crippen molar-refractivity contribution in [2.75, 3.05) is 32.1 Å². The average molecular weight is 547 g/mol. The highest BCUT2D eigenvalue weighted by Crippen LogP contribution is 2.27. The summed E-state index contributed by atoms with van der Waals surface area (Å²) in [6.45, 7) is 1.96. The molecule has 0 unspecified atom stereocenters. The number of amides is 2. The molecule has 198 valence electrons. The summed E-state index contributed by atoms with van der Waals surface area (Å²) in [6, 6.07) is 8.44. The highest BCUT2D eigenvalue weighted by Gasteiger charge is 2.29. The largest absolute Gasteiger partial charge is 0.469 e. The number of likely N-dealkylation sites (tertiary alicyclic amines) is 1. The lowest BCUT2D eigenvalue weighted by atomic mass is 9.94. The Bertz CT molecular complexity index is 1130. The fraction of sp³-hybridized carbons (Fsp3) is 0.481. The Morgan fingerprint density at radius 3 is 2.59 bits per heavy atom. The van der Waals surface area contributed by atoms with E-state index in [1.54, 1.807) is 18.2 Å². The minimum Gasteiger partial charge on any atom is -0.469 e. The Hall–Kier alpha value is -2.84. The van der Waals surface area contributed by atoms with E-state index in [0.717, 1.165) is 30.9 Å². The Labute approximate surface area is 227 Å². The second kappa shape index (κ2) is 12.6. The van der Waals surface area contributed by atoms with Crippen LogP contribution in [-0.4, -0.2) is 54.4 Å². The van der Waals surface area contributed by atoms with Crippen molar-refractivity contribution in [1.29, 1.82) is 0 Å². The van der Waals surface area contributed by atoms with Gasteiger partial charge in [0, 0.05) is 47.7 Å². The number of aromatic nitrogens is 1. The smallest absolute Gasteiger partial charge is 0.307 e. The summed E-state index contributed by atoms with van der Waals surface area (Å²) in [4.78, 5) is 44.4. The number of nitrogens with zero attached hydrogens (tertiary/aromatic N) is 2. The number of ether oxygens (including phenoxy) is 1. The van der Waals surface area contributed by atoms with Crippen molar-refractivity contribution in [3.8, 4) is 0 Å². The number of piperidine rings is 1. The first-order chi connectivity index (χ1) is 17.8. The highest BCUT2D eigenvalue weighted by atomic mass is 35.5. The number of nitrogens with one attached hydrogen (secondary N) is 2. The molecule has 0 spiro atoms. The number of anilines is 1. The molecule has 1 fully saturated rings. The molecule has 1 saturated heterocycles. The lowest BCUT2D eigenvalue weighted by molar-refractivity contribution is -0.142. The molecule has 8 nitrogen and oxygen atoms in total. The molecule has 1 aromatic heterocycles. The van der Waals surface area contributed by atoms with Gasteiger partial charge in [-0.25, -0.2) is 4.98 Å². The molecular formula is C27H32Cl2N4O4. The third kappa shape index (κ3) is 7.36. The van der Waals surface area contributed by atoms with Crippen LogP contribution in [0, 0.1) is 5.92 Å². The van der Waals surface area contributed by atoms with Crippen LogP contribution in [0.2, 0.25) is 10.0 Å². The number of methoxy groups -OCH3 is 1. The molecule has 3 heterocycles. The van der Waals surface area contributed by atoms with E-state index >= 15 is 0 Å². The number of hydrogen-bond donors (Lipinski definition) is 2. The maximum atomic E-state index is 13.1. The third-order valence-corrected chi connectivity index (χ3v) is 7.40. The molecule has 2 amide bonds. The first kappa shape index (κ1) is 27.2. The molecule has 2 N–H and O–H groups in total. The van der Waals surface area contributed by atoms with Gasteiger partial charge in [0.15, 0.2) is 0 Å². The maximum Gasteiger partial charge on any atom is 0.307 e. The van der Waals surface area contributed by atoms with Crippen molar-refractivity contribution in [1.82, 2.24) is 15.2 Å². The number of halogens is 2. The summed E-state index contributed by atoms with van der Waals surface area (Å²) in [5.74, 6) is 0.137.